The molecule has 39 heavy (non-hydrogen) atoms. The van der Waals surface area contributed by atoms with Crippen molar-refractivity contribution < 1.29 is 27.9 Å². The van der Waals surface area contributed by atoms with Crippen molar-refractivity contribution in [2.75, 3.05) is 6.54 Å². The molecule has 0 aliphatic heterocycles. The van der Waals surface area contributed by atoms with Gasteiger partial charge < -0.3 is 15.0 Å². The maximum absolute atomic E-state index is 13.0. The van der Waals surface area contributed by atoms with E-state index in [1.165, 1.54) is 12.1 Å². The summed E-state index contributed by atoms with van der Waals surface area (Å²) in [6.45, 7) is 4.41. The van der Waals surface area contributed by atoms with Crippen LogP contribution in [0.3, 0.4) is 0 Å². The molecule has 0 saturated heterocycles. The number of amides is 1. The molecule has 1 aromatic heterocycles. The summed E-state index contributed by atoms with van der Waals surface area (Å²) in [5.74, 6) is -0.785. The standard InChI is InChI=1S/C31H31F3N2O3/c1-20(2)3-13-27(22-4-6-23(7-5-22)30(39)35-17-15-29(37)38)36-18-16-25-19-24(10-14-28(25)36)21-8-11-26(12-9-21)31(32,33)34/h4-12,14,16,18-20,27H,3,13,15,17H2,1-2H3,(H,35,39)(H,37,38). The minimum Gasteiger partial charge on any atom is -0.481 e. The van der Waals surface area contributed by atoms with E-state index in [0.29, 0.717) is 17.0 Å². The highest BCUT2D eigenvalue weighted by Crippen LogP contribution is 2.34. The average molecular weight is 537 g/mol. The normalized spacial score (nSPS) is 12.6. The summed E-state index contributed by atoms with van der Waals surface area (Å²) in [4.78, 5) is 23.1. The van der Waals surface area contributed by atoms with Crippen molar-refractivity contribution in [2.24, 2.45) is 5.92 Å². The van der Waals surface area contributed by atoms with Crippen molar-refractivity contribution in [3.63, 3.8) is 0 Å². The molecule has 3 aromatic carbocycles. The number of aromatic nitrogens is 1. The van der Waals surface area contributed by atoms with E-state index < -0.39 is 17.7 Å². The highest BCUT2D eigenvalue weighted by atomic mass is 19.4. The number of fused-ring (bicyclic) bond motifs is 1. The molecular formula is C31H31F3N2O3. The number of carbonyl (C=O) groups excluding carboxylic acids is 1. The van der Waals surface area contributed by atoms with Crippen LogP contribution in [0, 0.1) is 5.92 Å². The third-order valence-electron chi connectivity index (χ3n) is 6.80. The van der Waals surface area contributed by atoms with Crippen LogP contribution < -0.4 is 5.32 Å². The van der Waals surface area contributed by atoms with Crippen molar-refractivity contribution >= 4 is 22.8 Å². The highest BCUT2D eigenvalue weighted by molar-refractivity contribution is 5.94. The van der Waals surface area contributed by atoms with Gasteiger partial charge in [0.05, 0.1) is 18.0 Å². The van der Waals surface area contributed by atoms with Crippen LogP contribution in [0.2, 0.25) is 0 Å². The maximum atomic E-state index is 13.0. The molecular weight excluding hydrogens is 505 g/mol. The van der Waals surface area contributed by atoms with E-state index in [9.17, 15) is 22.8 Å². The molecule has 204 valence electrons. The van der Waals surface area contributed by atoms with Crippen molar-refractivity contribution in [3.8, 4) is 11.1 Å². The molecule has 0 fully saturated rings. The number of rotatable bonds is 10. The monoisotopic (exact) mass is 536 g/mol. The molecule has 4 rings (SSSR count). The van der Waals surface area contributed by atoms with E-state index in [0.717, 1.165) is 47.0 Å². The van der Waals surface area contributed by atoms with E-state index in [-0.39, 0.29) is 24.9 Å². The number of halogens is 3. The van der Waals surface area contributed by atoms with E-state index in [1.807, 2.05) is 42.6 Å². The van der Waals surface area contributed by atoms with Crippen LogP contribution in [0.4, 0.5) is 13.2 Å². The van der Waals surface area contributed by atoms with Gasteiger partial charge in [0.15, 0.2) is 0 Å². The zero-order valence-electron chi connectivity index (χ0n) is 21.8. The molecule has 8 heteroatoms. The van der Waals surface area contributed by atoms with Crippen LogP contribution in [0.1, 0.15) is 60.6 Å². The molecule has 0 spiro atoms. The molecule has 0 bridgehead atoms. The molecule has 0 radical (unpaired) electrons. The number of carbonyl (C=O) groups is 2. The Hall–Kier alpha value is -4.07. The summed E-state index contributed by atoms with van der Waals surface area (Å²) in [5.41, 5.74) is 3.40. The van der Waals surface area contributed by atoms with Crippen LogP contribution in [0.5, 0.6) is 0 Å². The third-order valence-corrected chi connectivity index (χ3v) is 6.80. The molecule has 0 aliphatic rings. The van der Waals surface area contributed by atoms with Crippen molar-refractivity contribution in [1.82, 2.24) is 9.88 Å². The number of carboxylic acid groups (broad SMARTS) is 1. The largest absolute Gasteiger partial charge is 0.481 e. The average Bonchev–Trinajstić information content (AvgIpc) is 3.31. The summed E-state index contributed by atoms with van der Waals surface area (Å²) < 4.78 is 41.1. The summed E-state index contributed by atoms with van der Waals surface area (Å²) in [6, 6.07) is 20.5. The lowest BCUT2D eigenvalue weighted by molar-refractivity contribution is -0.138. The Kier molecular flexibility index (Phi) is 8.43. The first-order chi connectivity index (χ1) is 18.5. The Morgan fingerprint density at radius 1 is 0.897 bits per heavy atom. The second kappa shape index (κ2) is 11.8. The minimum absolute atomic E-state index is 0.0194. The first-order valence-corrected chi connectivity index (χ1v) is 12.9. The van der Waals surface area contributed by atoms with Crippen LogP contribution >= 0.6 is 0 Å². The van der Waals surface area contributed by atoms with Crippen LogP contribution in [0.25, 0.3) is 22.0 Å². The fourth-order valence-electron chi connectivity index (χ4n) is 4.67. The molecule has 2 N–H and O–H groups in total. The van der Waals surface area contributed by atoms with E-state index in [1.54, 1.807) is 12.1 Å². The number of hydrogen-bond donors (Lipinski definition) is 2. The fourth-order valence-corrected chi connectivity index (χ4v) is 4.67. The van der Waals surface area contributed by atoms with Gasteiger partial charge in [0.2, 0.25) is 0 Å². The number of carboxylic acids is 1. The van der Waals surface area contributed by atoms with Gasteiger partial charge in [-0.2, -0.15) is 13.2 Å². The topological polar surface area (TPSA) is 71.3 Å². The number of alkyl halides is 3. The second-order valence-corrected chi connectivity index (χ2v) is 10.1. The van der Waals surface area contributed by atoms with Crippen LogP contribution in [0.15, 0.2) is 79.0 Å². The van der Waals surface area contributed by atoms with Gasteiger partial charge in [0, 0.05) is 29.2 Å². The first-order valence-electron chi connectivity index (χ1n) is 12.9. The van der Waals surface area contributed by atoms with E-state index in [2.05, 4.69) is 23.7 Å². The highest BCUT2D eigenvalue weighted by Gasteiger charge is 2.30. The van der Waals surface area contributed by atoms with Gasteiger partial charge in [0.25, 0.3) is 5.91 Å². The van der Waals surface area contributed by atoms with Gasteiger partial charge in [-0.15, -0.1) is 0 Å². The lowest BCUT2D eigenvalue weighted by Crippen LogP contribution is -2.26. The molecule has 1 heterocycles. The summed E-state index contributed by atoms with van der Waals surface area (Å²) in [6.07, 6.45) is -0.605. The predicted octanol–water partition coefficient (Wildman–Crippen LogP) is 7.56. The summed E-state index contributed by atoms with van der Waals surface area (Å²) in [7, 11) is 0. The molecule has 5 nitrogen and oxygen atoms in total. The van der Waals surface area contributed by atoms with Crippen molar-refractivity contribution in [2.45, 2.75) is 45.3 Å². The summed E-state index contributed by atoms with van der Waals surface area (Å²) in [5, 5.41) is 12.4. The van der Waals surface area contributed by atoms with Gasteiger partial charge in [-0.1, -0.05) is 44.2 Å². The van der Waals surface area contributed by atoms with Gasteiger partial charge in [-0.05, 0) is 77.9 Å². The molecule has 4 aromatic rings. The minimum atomic E-state index is -4.37. The van der Waals surface area contributed by atoms with Gasteiger partial charge in [-0.3, -0.25) is 9.59 Å². The molecule has 1 unspecified atom stereocenters. The Morgan fingerprint density at radius 3 is 2.18 bits per heavy atom. The van der Waals surface area contributed by atoms with Crippen molar-refractivity contribution in [1.29, 1.82) is 0 Å². The van der Waals surface area contributed by atoms with Crippen molar-refractivity contribution in [3.05, 3.63) is 95.7 Å². The zero-order valence-corrected chi connectivity index (χ0v) is 21.8. The predicted molar refractivity (Wildman–Crippen MR) is 146 cm³/mol. The SMILES string of the molecule is CC(C)CCC(c1ccc(C(=O)NCCC(=O)O)cc1)n1ccc2cc(-c3ccc(C(F)(F)F)cc3)ccc21. The number of nitrogens with one attached hydrogen (secondary N) is 1. The van der Waals surface area contributed by atoms with E-state index in [4.69, 9.17) is 5.11 Å². The number of nitrogens with zero attached hydrogens (tertiary/aromatic N) is 1. The molecule has 0 aliphatic carbocycles. The van der Waals surface area contributed by atoms with Crippen LogP contribution in [-0.4, -0.2) is 28.1 Å². The number of aliphatic carboxylic acids is 1. The maximum Gasteiger partial charge on any atom is 0.416 e. The van der Waals surface area contributed by atoms with Gasteiger partial charge >= 0.3 is 12.1 Å². The smallest absolute Gasteiger partial charge is 0.416 e. The second-order valence-electron chi connectivity index (χ2n) is 10.1. The summed E-state index contributed by atoms with van der Waals surface area (Å²) >= 11 is 0. The Morgan fingerprint density at radius 2 is 1.56 bits per heavy atom. The Labute approximate surface area is 225 Å². The molecule has 1 atom stereocenters. The third kappa shape index (κ3) is 6.88. The molecule has 0 saturated carbocycles. The first kappa shape index (κ1) is 28.0. The lowest BCUT2D eigenvalue weighted by Gasteiger charge is -2.22. The van der Waals surface area contributed by atoms with Gasteiger partial charge in [-0.25, -0.2) is 0 Å². The number of hydrogen-bond acceptors (Lipinski definition) is 2. The Balaban J connectivity index is 1.60. The van der Waals surface area contributed by atoms with Crippen LogP contribution in [-0.2, 0) is 11.0 Å². The molecule has 1 amide bonds. The van der Waals surface area contributed by atoms with E-state index >= 15 is 0 Å². The Bertz CT molecular complexity index is 1440. The fraction of sp³-hybridized carbons (Fsp3) is 0.290. The quantitative estimate of drug-likeness (QED) is 0.220. The van der Waals surface area contributed by atoms with Gasteiger partial charge in [0.1, 0.15) is 0 Å². The zero-order chi connectivity index (χ0) is 28.2. The number of benzene rings is 3. The lowest BCUT2D eigenvalue weighted by atomic mass is 9.96.